The van der Waals surface area contributed by atoms with Gasteiger partial charge in [0, 0.05) is 16.7 Å². The zero-order valence-electron chi connectivity index (χ0n) is 15.1. The number of fused-ring (bicyclic) bond motifs is 3. The van der Waals surface area contributed by atoms with Crippen LogP contribution in [0.25, 0.3) is 33.6 Å². The Hall–Kier alpha value is -3.33. The quantitative estimate of drug-likeness (QED) is 0.395. The number of benzene rings is 3. The van der Waals surface area contributed by atoms with E-state index >= 15 is 4.39 Å². The molecule has 0 aliphatic heterocycles. The first-order valence-corrected chi connectivity index (χ1v) is 9.34. The minimum absolute atomic E-state index is 0.329. The monoisotopic (exact) mass is 369 g/mol. The second kappa shape index (κ2) is 6.68. The lowest BCUT2D eigenvalue weighted by molar-refractivity contribution is 0.623. The maximum Gasteiger partial charge on any atom is 0.157 e. The Balaban J connectivity index is 1.85. The van der Waals surface area contributed by atoms with Crippen molar-refractivity contribution in [2.75, 3.05) is 0 Å². The molecule has 0 spiro atoms. The Kier molecular flexibility index (Phi) is 4.01. The highest BCUT2D eigenvalue weighted by Crippen LogP contribution is 2.41. The first-order valence-electron chi connectivity index (χ1n) is 9.34. The average molecular weight is 369 g/mol. The van der Waals surface area contributed by atoms with Crippen molar-refractivity contribution in [1.82, 2.24) is 4.98 Å². The SMILES string of the molecule is Fc1ccc(-c2c(F)c(-c3ccccc3)nc3c2CCc2ccccc2-3)cc1. The second-order valence-electron chi connectivity index (χ2n) is 7.01. The van der Waals surface area contributed by atoms with Crippen LogP contribution in [0.2, 0.25) is 0 Å². The molecule has 3 heteroatoms. The van der Waals surface area contributed by atoms with Gasteiger partial charge in [-0.15, -0.1) is 0 Å². The average Bonchev–Trinajstić information content (AvgIpc) is 2.74. The van der Waals surface area contributed by atoms with Crippen molar-refractivity contribution < 1.29 is 8.78 Å². The van der Waals surface area contributed by atoms with Gasteiger partial charge < -0.3 is 0 Å². The summed E-state index contributed by atoms with van der Waals surface area (Å²) in [6.07, 6.45) is 1.54. The third-order valence-corrected chi connectivity index (χ3v) is 5.34. The molecule has 0 N–H and O–H groups in total. The molecule has 3 aromatic carbocycles. The van der Waals surface area contributed by atoms with Crippen molar-refractivity contribution in [3.63, 3.8) is 0 Å². The van der Waals surface area contributed by atoms with E-state index in [-0.39, 0.29) is 11.6 Å². The van der Waals surface area contributed by atoms with Crippen LogP contribution in [0.4, 0.5) is 8.78 Å². The maximum atomic E-state index is 15.8. The number of hydrogen-bond donors (Lipinski definition) is 0. The van der Waals surface area contributed by atoms with E-state index in [0.29, 0.717) is 23.2 Å². The molecule has 0 atom stereocenters. The summed E-state index contributed by atoms with van der Waals surface area (Å²) in [5, 5.41) is 0. The molecule has 0 radical (unpaired) electrons. The smallest absolute Gasteiger partial charge is 0.157 e. The van der Waals surface area contributed by atoms with Gasteiger partial charge in [0.15, 0.2) is 5.82 Å². The van der Waals surface area contributed by atoms with Crippen LogP contribution in [0.1, 0.15) is 11.1 Å². The normalized spacial score (nSPS) is 12.4. The molecule has 1 aliphatic carbocycles. The minimum atomic E-state index is -0.351. The van der Waals surface area contributed by atoms with Gasteiger partial charge >= 0.3 is 0 Å². The van der Waals surface area contributed by atoms with Crippen molar-refractivity contribution in [2.45, 2.75) is 12.8 Å². The number of rotatable bonds is 2. The van der Waals surface area contributed by atoms with E-state index in [4.69, 9.17) is 4.98 Å². The van der Waals surface area contributed by atoms with Crippen LogP contribution in [-0.4, -0.2) is 4.98 Å². The third-order valence-electron chi connectivity index (χ3n) is 5.34. The number of aromatic nitrogens is 1. The van der Waals surface area contributed by atoms with Gasteiger partial charge in [-0.2, -0.15) is 0 Å². The summed E-state index contributed by atoms with van der Waals surface area (Å²) in [6, 6.07) is 23.6. The van der Waals surface area contributed by atoms with Gasteiger partial charge in [-0.3, -0.25) is 0 Å². The van der Waals surface area contributed by atoms with Gasteiger partial charge in [-0.25, -0.2) is 13.8 Å². The molecule has 28 heavy (non-hydrogen) atoms. The first-order chi connectivity index (χ1) is 13.7. The summed E-state index contributed by atoms with van der Waals surface area (Å²) in [4.78, 5) is 4.78. The molecule has 0 bridgehead atoms. The standard InChI is InChI=1S/C25H17F2N/c26-19-13-10-17(11-14-19)22-21-15-12-16-6-4-5-9-20(16)25(21)28-24(23(22)27)18-7-2-1-3-8-18/h1-11,13-14H,12,15H2. The van der Waals surface area contributed by atoms with E-state index in [2.05, 4.69) is 6.07 Å². The fraction of sp³-hybridized carbons (Fsp3) is 0.0800. The first kappa shape index (κ1) is 16.8. The van der Waals surface area contributed by atoms with E-state index in [1.54, 1.807) is 12.1 Å². The molecule has 1 aromatic heterocycles. The van der Waals surface area contributed by atoms with Gasteiger partial charge in [-0.1, -0.05) is 66.7 Å². The Labute approximate surface area is 162 Å². The Bertz CT molecular complexity index is 1170. The lowest BCUT2D eigenvalue weighted by Crippen LogP contribution is -2.10. The van der Waals surface area contributed by atoms with E-state index < -0.39 is 0 Å². The summed E-state index contributed by atoms with van der Waals surface area (Å²) >= 11 is 0. The van der Waals surface area contributed by atoms with E-state index in [9.17, 15) is 4.39 Å². The van der Waals surface area contributed by atoms with Crippen LogP contribution >= 0.6 is 0 Å². The van der Waals surface area contributed by atoms with E-state index in [0.717, 1.165) is 28.8 Å². The molecular weight excluding hydrogens is 352 g/mol. The van der Waals surface area contributed by atoms with Crippen molar-refractivity contribution in [3.8, 4) is 33.6 Å². The highest BCUT2D eigenvalue weighted by atomic mass is 19.1. The molecule has 0 fully saturated rings. The zero-order chi connectivity index (χ0) is 19.1. The van der Waals surface area contributed by atoms with Gasteiger partial charge in [0.25, 0.3) is 0 Å². The number of aryl methyl sites for hydroxylation is 1. The molecular formula is C25H17F2N. The van der Waals surface area contributed by atoms with Crippen LogP contribution < -0.4 is 0 Å². The lowest BCUT2D eigenvalue weighted by Gasteiger charge is -2.24. The molecule has 136 valence electrons. The largest absolute Gasteiger partial charge is 0.244 e. The van der Waals surface area contributed by atoms with Crippen LogP contribution in [0, 0.1) is 11.6 Å². The second-order valence-corrected chi connectivity index (χ2v) is 7.01. The fourth-order valence-corrected chi connectivity index (χ4v) is 4.00. The van der Waals surface area contributed by atoms with E-state index in [1.165, 1.54) is 17.7 Å². The van der Waals surface area contributed by atoms with Crippen LogP contribution in [0.15, 0.2) is 78.9 Å². The Morgan fingerprint density at radius 3 is 2.14 bits per heavy atom. The lowest BCUT2D eigenvalue weighted by atomic mass is 9.84. The maximum absolute atomic E-state index is 15.8. The van der Waals surface area contributed by atoms with Crippen LogP contribution in [-0.2, 0) is 12.8 Å². The molecule has 0 saturated carbocycles. The predicted octanol–water partition coefficient (Wildman–Crippen LogP) is 6.46. The molecule has 1 nitrogen and oxygen atoms in total. The molecule has 4 aromatic rings. The molecule has 5 rings (SSSR count). The van der Waals surface area contributed by atoms with Gasteiger partial charge in [0.05, 0.1) is 5.69 Å². The number of pyridine rings is 1. The summed E-state index contributed by atoms with van der Waals surface area (Å²) in [6.45, 7) is 0. The molecule has 1 aliphatic rings. The molecule has 0 amide bonds. The predicted molar refractivity (Wildman–Crippen MR) is 108 cm³/mol. The van der Waals surface area contributed by atoms with Gasteiger partial charge in [0.1, 0.15) is 11.5 Å². The zero-order valence-corrected chi connectivity index (χ0v) is 15.1. The van der Waals surface area contributed by atoms with Crippen molar-refractivity contribution in [1.29, 1.82) is 0 Å². The minimum Gasteiger partial charge on any atom is -0.244 e. The summed E-state index contributed by atoms with van der Waals surface area (Å²) < 4.78 is 29.2. The molecule has 1 heterocycles. The number of nitrogens with zero attached hydrogens (tertiary/aromatic N) is 1. The van der Waals surface area contributed by atoms with Crippen molar-refractivity contribution in [3.05, 3.63) is 102 Å². The highest BCUT2D eigenvalue weighted by Gasteiger charge is 2.26. The summed E-state index contributed by atoms with van der Waals surface area (Å²) in [5.41, 5.74) is 6.24. The van der Waals surface area contributed by atoms with Crippen molar-refractivity contribution in [2.24, 2.45) is 0 Å². The van der Waals surface area contributed by atoms with Crippen LogP contribution in [0.5, 0.6) is 0 Å². The molecule has 0 unspecified atom stereocenters. The fourth-order valence-electron chi connectivity index (χ4n) is 4.00. The summed E-state index contributed by atoms with van der Waals surface area (Å²) in [5.74, 6) is -0.684. The molecule has 0 saturated heterocycles. The third kappa shape index (κ3) is 2.71. The van der Waals surface area contributed by atoms with Crippen LogP contribution in [0.3, 0.4) is 0 Å². The van der Waals surface area contributed by atoms with Gasteiger partial charge in [0.2, 0.25) is 0 Å². The van der Waals surface area contributed by atoms with Gasteiger partial charge in [-0.05, 0) is 41.7 Å². The number of halogens is 2. The Morgan fingerprint density at radius 1 is 0.643 bits per heavy atom. The topological polar surface area (TPSA) is 12.9 Å². The summed E-state index contributed by atoms with van der Waals surface area (Å²) in [7, 11) is 0. The number of hydrogen-bond acceptors (Lipinski definition) is 1. The highest BCUT2D eigenvalue weighted by molar-refractivity contribution is 5.83. The Morgan fingerprint density at radius 2 is 1.36 bits per heavy atom. The van der Waals surface area contributed by atoms with Crippen molar-refractivity contribution >= 4 is 0 Å². The van der Waals surface area contributed by atoms with E-state index in [1.807, 2.05) is 48.5 Å².